The zero-order chi connectivity index (χ0) is 16.0. The van der Waals surface area contributed by atoms with Crippen LogP contribution in [-0.2, 0) is 4.74 Å². The first kappa shape index (κ1) is 18.1. The van der Waals surface area contributed by atoms with Crippen molar-refractivity contribution in [2.45, 2.75) is 26.4 Å². The average Bonchev–Trinajstić information content (AvgIpc) is 2.36. The number of halogens is 3. The zero-order valence-corrected chi connectivity index (χ0v) is 14.0. The number of hydrogen-bond acceptors (Lipinski definition) is 3. The fourth-order valence-corrected chi connectivity index (χ4v) is 2.18. The van der Waals surface area contributed by atoms with Crippen LogP contribution in [0.2, 0.25) is 0 Å². The van der Waals surface area contributed by atoms with Gasteiger partial charge in [0.05, 0.1) is 5.56 Å². The number of anilines is 1. The Morgan fingerprint density at radius 3 is 2.24 bits per heavy atom. The summed E-state index contributed by atoms with van der Waals surface area (Å²) in [5.74, 6) is -0.470. The summed E-state index contributed by atoms with van der Waals surface area (Å²) in [7, 11) is 0. The van der Waals surface area contributed by atoms with E-state index in [0.29, 0.717) is 30.5 Å². The topological polar surface area (TPSA) is 29.5 Å². The molecule has 0 saturated heterocycles. The Morgan fingerprint density at radius 1 is 1.24 bits per heavy atom. The van der Waals surface area contributed by atoms with Crippen LogP contribution in [0, 0.1) is 5.82 Å². The largest absolute Gasteiger partial charge is 0.456 e. The van der Waals surface area contributed by atoms with Gasteiger partial charge in [0.2, 0.25) is 0 Å². The first-order chi connectivity index (χ1) is 9.78. The molecule has 1 rings (SSSR count). The molecule has 0 aliphatic carbocycles. The number of benzene rings is 1. The maximum absolute atomic E-state index is 14.1. The van der Waals surface area contributed by atoms with Crippen molar-refractivity contribution in [2.75, 3.05) is 29.7 Å². The van der Waals surface area contributed by atoms with Crippen molar-refractivity contribution in [3.63, 3.8) is 0 Å². The molecular formula is C15H20Cl2FNO2. The van der Waals surface area contributed by atoms with Crippen LogP contribution in [0.25, 0.3) is 0 Å². The molecule has 118 valence electrons. The normalized spacial score (nSPS) is 11.3. The Kier molecular flexibility index (Phi) is 6.75. The van der Waals surface area contributed by atoms with Crippen molar-refractivity contribution in [1.29, 1.82) is 0 Å². The number of ether oxygens (including phenoxy) is 1. The van der Waals surface area contributed by atoms with Crippen LogP contribution in [0.3, 0.4) is 0 Å². The molecule has 0 unspecified atom stereocenters. The molecule has 0 heterocycles. The molecule has 0 spiro atoms. The molecule has 1 aromatic carbocycles. The van der Waals surface area contributed by atoms with E-state index >= 15 is 0 Å². The number of alkyl halides is 2. The molecule has 21 heavy (non-hydrogen) atoms. The minimum atomic E-state index is -0.673. The summed E-state index contributed by atoms with van der Waals surface area (Å²) in [6.07, 6.45) is 0. The van der Waals surface area contributed by atoms with Gasteiger partial charge in [-0.3, -0.25) is 0 Å². The summed E-state index contributed by atoms with van der Waals surface area (Å²) in [6.45, 7) is 6.32. The van der Waals surface area contributed by atoms with Crippen LogP contribution in [0.5, 0.6) is 0 Å². The molecule has 0 radical (unpaired) electrons. The number of rotatable bonds is 6. The second kappa shape index (κ2) is 7.85. The number of esters is 1. The fourth-order valence-electron chi connectivity index (χ4n) is 1.77. The van der Waals surface area contributed by atoms with E-state index in [1.807, 2.05) is 4.90 Å². The van der Waals surface area contributed by atoms with Gasteiger partial charge in [-0.15, -0.1) is 23.2 Å². The first-order valence-electron chi connectivity index (χ1n) is 6.68. The van der Waals surface area contributed by atoms with E-state index in [-0.39, 0.29) is 5.56 Å². The van der Waals surface area contributed by atoms with Crippen molar-refractivity contribution in [3.05, 3.63) is 29.6 Å². The molecule has 0 amide bonds. The molecule has 0 saturated carbocycles. The van der Waals surface area contributed by atoms with E-state index in [1.165, 1.54) is 12.1 Å². The minimum Gasteiger partial charge on any atom is -0.456 e. The number of hydrogen-bond donors (Lipinski definition) is 0. The summed E-state index contributed by atoms with van der Waals surface area (Å²) in [5.41, 5.74) is -0.0997. The van der Waals surface area contributed by atoms with Crippen LogP contribution >= 0.6 is 23.2 Å². The van der Waals surface area contributed by atoms with E-state index in [0.717, 1.165) is 0 Å². The molecular weight excluding hydrogens is 316 g/mol. The summed E-state index contributed by atoms with van der Waals surface area (Å²) < 4.78 is 19.3. The third-order valence-corrected chi connectivity index (χ3v) is 2.98. The Balaban J connectivity index is 2.96. The van der Waals surface area contributed by atoms with Crippen molar-refractivity contribution >= 4 is 34.9 Å². The standard InChI is InChI=1S/C15H20Cl2FNO2/c1-15(2,3)21-14(20)12-5-4-11(10-13(12)18)19(8-6-16)9-7-17/h4-5,10H,6-9H2,1-3H3. The maximum atomic E-state index is 14.1. The van der Waals surface area contributed by atoms with Crippen LogP contribution in [0.1, 0.15) is 31.1 Å². The first-order valence-corrected chi connectivity index (χ1v) is 7.75. The van der Waals surface area contributed by atoms with Gasteiger partial charge < -0.3 is 9.64 Å². The molecule has 0 fully saturated rings. The Labute approximate surface area is 135 Å². The lowest BCUT2D eigenvalue weighted by molar-refractivity contribution is 0.00648. The van der Waals surface area contributed by atoms with E-state index in [2.05, 4.69) is 0 Å². The van der Waals surface area contributed by atoms with E-state index in [1.54, 1.807) is 26.8 Å². The smallest absolute Gasteiger partial charge is 0.341 e. The summed E-state index contributed by atoms with van der Waals surface area (Å²) >= 11 is 11.4. The minimum absolute atomic E-state index is 0.0784. The van der Waals surface area contributed by atoms with Crippen LogP contribution in [0.4, 0.5) is 10.1 Å². The summed E-state index contributed by atoms with van der Waals surface area (Å²) in [6, 6.07) is 4.40. The lowest BCUT2D eigenvalue weighted by Crippen LogP contribution is -2.28. The Bertz CT molecular complexity index is 483. The maximum Gasteiger partial charge on any atom is 0.341 e. The predicted molar refractivity (Wildman–Crippen MR) is 85.2 cm³/mol. The monoisotopic (exact) mass is 335 g/mol. The highest BCUT2D eigenvalue weighted by Crippen LogP contribution is 2.21. The molecule has 0 N–H and O–H groups in total. The van der Waals surface area contributed by atoms with E-state index in [9.17, 15) is 9.18 Å². The van der Waals surface area contributed by atoms with Gasteiger partial charge in [-0.05, 0) is 39.0 Å². The molecule has 1 aromatic rings. The quantitative estimate of drug-likeness (QED) is 0.579. The van der Waals surface area contributed by atoms with Gasteiger partial charge in [-0.25, -0.2) is 9.18 Å². The average molecular weight is 336 g/mol. The van der Waals surface area contributed by atoms with E-state index < -0.39 is 17.4 Å². The molecule has 3 nitrogen and oxygen atoms in total. The molecule has 0 atom stereocenters. The highest BCUT2D eigenvalue weighted by molar-refractivity contribution is 6.18. The van der Waals surface area contributed by atoms with Crippen LogP contribution < -0.4 is 4.90 Å². The molecule has 6 heteroatoms. The van der Waals surface area contributed by atoms with Crippen molar-refractivity contribution in [1.82, 2.24) is 0 Å². The van der Waals surface area contributed by atoms with Crippen molar-refractivity contribution in [3.8, 4) is 0 Å². The highest BCUT2D eigenvalue weighted by Gasteiger charge is 2.21. The van der Waals surface area contributed by atoms with Gasteiger partial charge in [0.1, 0.15) is 11.4 Å². The molecule has 0 aliphatic heterocycles. The number of carbonyl (C=O) groups is 1. The lowest BCUT2D eigenvalue weighted by atomic mass is 10.1. The van der Waals surface area contributed by atoms with Crippen molar-refractivity contribution in [2.24, 2.45) is 0 Å². The second-order valence-electron chi connectivity index (χ2n) is 5.53. The van der Waals surface area contributed by atoms with Crippen LogP contribution in [0.15, 0.2) is 18.2 Å². The Morgan fingerprint density at radius 2 is 1.81 bits per heavy atom. The molecule has 0 aromatic heterocycles. The highest BCUT2D eigenvalue weighted by atomic mass is 35.5. The molecule has 0 aliphatic rings. The third kappa shape index (κ3) is 5.71. The molecule has 0 bridgehead atoms. The van der Waals surface area contributed by atoms with Gasteiger partial charge in [0.25, 0.3) is 0 Å². The predicted octanol–water partition coefficient (Wildman–Crippen LogP) is 4.07. The van der Waals surface area contributed by atoms with E-state index in [4.69, 9.17) is 27.9 Å². The Hall–Kier alpha value is -1.00. The third-order valence-electron chi connectivity index (χ3n) is 2.65. The van der Waals surface area contributed by atoms with Crippen LogP contribution in [-0.4, -0.2) is 36.4 Å². The lowest BCUT2D eigenvalue weighted by Gasteiger charge is -2.24. The van der Waals surface area contributed by atoms with Gasteiger partial charge in [-0.2, -0.15) is 0 Å². The SMILES string of the molecule is CC(C)(C)OC(=O)c1ccc(N(CCCl)CCCl)cc1F. The zero-order valence-electron chi connectivity index (χ0n) is 12.5. The summed E-state index contributed by atoms with van der Waals surface area (Å²) in [4.78, 5) is 13.8. The van der Waals surface area contributed by atoms with Gasteiger partial charge in [0.15, 0.2) is 0 Å². The summed E-state index contributed by atoms with van der Waals surface area (Å²) in [5, 5.41) is 0. The van der Waals surface area contributed by atoms with Gasteiger partial charge >= 0.3 is 5.97 Å². The number of carbonyl (C=O) groups excluding carboxylic acids is 1. The fraction of sp³-hybridized carbons (Fsp3) is 0.533. The van der Waals surface area contributed by atoms with Gasteiger partial charge in [0, 0.05) is 30.5 Å². The van der Waals surface area contributed by atoms with Gasteiger partial charge in [-0.1, -0.05) is 0 Å². The second-order valence-corrected chi connectivity index (χ2v) is 6.29. The van der Waals surface area contributed by atoms with Crippen molar-refractivity contribution < 1.29 is 13.9 Å². The number of nitrogens with zero attached hydrogens (tertiary/aromatic N) is 1.